The number of hydrogen-bond donors (Lipinski definition) is 1. The second-order valence-corrected chi connectivity index (χ2v) is 2.97. The Labute approximate surface area is 73.4 Å². The highest BCUT2D eigenvalue weighted by Crippen LogP contribution is 2.27. The summed E-state index contributed by atoms with van der Waals surface area (Å²) in [6.07, 6.45) is 0. The number of hydrogen-bond acceptors (Lipinski definition) is 1. The van der Waals surface area contributed by atoms with Crippen LogP contribution in [0, 0.1) is 17.5 Å². The number of benzene rings is 1. The van der Waals surface area contributed by atoms with Gasteiger partial charge in [0.1, 0.15) is 5.02 Å². The van der Waals surface area contributed by atoms with Crippen molar-refractivity contribution in [1.82, 2.24) is 0 Å². The Morgan fingerprint density at radius 3 is 2.08 bits per heavy atom. The van der Waals surface area contributed by atoms with Crippen molar-refractivity contribution in [2.75, 3.05) is 0 Å². The third-order valence-corrected chi connectivity index (χ3v) is 2.14. The van der Waals surface area contributed by atoms with E-state index in [4.69, 9.17) is 16.7 Å². The van der Waals surface area contributed by atoms with Crippen LogP contribution < -0.4 is 5.30 Å². The predicted molar refractivity (Wildman–Crippen MR) is 42.3 cm³/mol. The van der Waals surface area contributed by atoms with Crippen LogP contribution in [0.4, 0.5) is 13.2 Å². The van der Waals surface area contributed by atoms with Crippen LogP contribution in [-0.2, 0) is 0 Å². The number of phenols is 1. The molecular weight excluding hydrogens is 211 g/mol. The molecule has 1 rings (SSSR count). The van der Waals surface area contributed by atoms with Gasteiger partial charge < -0.3 is 5.11 Å². The number of aromatic hydroxyl groups is 1. The van der Waals surface area contributed by atoms with Crippen molar-refractivity contribution in [3.8, 4) is 5.75 Å². The highest BCUT2D eigenvalue weighted by atomic mass is 35.5. The SMILES string of the molecule is Oc1c(F)c(F)c(Cl)c(F)c1P. The van der Waals surface area contributed by atoms with Crippen molar-refractivity contribution in [3.63, 3.8) is 0 Å². The van der Waals surface area contributed by atoms with Crippen molar-refractivity contribution < 1.29 is 18.3 Å². The van der Waals surface area contributed by atoms with Gasteiger partial charge in [-0.1, -0.05) is 20.8 Å². The van der Waals surface area contributed by atoms with Crippen molar-refractivity contribution in [2.45, 2.75) is 0 Å². The predicted octanol–water partition coefficient (Wildman–Crippen LogP) is 1.96. The molecule has 0 aliphatic rings. The Hall–Kier alpha value is -0.470. The molecule has 0 saturated heterocycles. The van der Waals surface area contributed by atoms with Gasteiger partial charge in [0.25, 0.3) is 0 Å². The summed E-state index contributed by atoms with van der Waals surface area (Å²) >= 11 is 5.05. The highest BCUT2D eigenvalue weighted by molar-refractivity contribution is 7.27. The summed E-state index contributed by atoms with van der Waals surface area (Å²) in [5.74, 6) is -5.40. The lowest BCUT2D eigenvalue weighted by molar-refractivity contribution is 0.405. The first kappa shape index (κ1) is 9.62. The van der Waals surface area contributed by atoms with Gasteiger partial charge in [-0.3, -0.25) is 0 Å². The van der Waals surface area contributed by atoms with E-state index in [0.717, 1.165) is 0 Å². The Kier molecular flexibility index (Phi) is 2.49. The van der Waals surface area contributed by atoms with Gasteiger partial charge in [-0.05, 0) is 0 Å². The molecule has 1 N–H and O–H groups in total. The van der Waals surface area contributed by atoms with Crippen molar-refractivity contribution in [3.05, 3.63) is 22.5 Å². The fourth-order valence-electron chi connectivity index (χ4n) is 0.637. The van der Waals surface area contributed by atoms with E-state index < -0.39 is 33.5 Å². The maximum absolute atomic E-state index is 12.7. The Balaban J connectivity index is 3.60. The molecule has 0 aromatic heterocycles. The van der Waals surface area contributed by atoms with Crippen molar-refractivity contribution >= 4 is 26.1 Å². The van der Waals surface area contributed by atoms with E-state index in [1.54, 1.807) is 9.24 Å². The molecule has 0 amide bonds. The van der Waals surface area contributed by atoms with Gasteiger partial charge in [0.15, 0.2) is 17.4 Å². The largest absolute Gasteiger partial charge is 0.504 e. The zero-order valence-corrected chi connectivity index (χ0v) is 7.45. The maximum Gasteiger partial charge on any atom is 0.202 e. The molecule has 0 spiro atoms. The lowest BCUT2D eigenvalue weighted by Gasteiger charge is -2.04. The zero-order chi connectivity index (χ0) is 9.46. The summed E-state index contributed by atoms with van der Waals surface area (Å²) in [5.41, 5.74) is 0. The number of phenolic OH excluding ortho intramolecular Hbond substituents is 1. The van der Waals surface area contributed by atoms with Gasteiger partial charge in [-0.15, -0.1) is 0 Å². The molecule has 0 saturated carbocycles. The monoisotopic (exact) mass is 214 g/mol. The maximum atomic E-state index is 12.7. The molecule has 12 heavy (non-hydrogen) atoms. The van der Waals surface area contributed by atoms with E-state index in [-0.39, 0.29) is 0 Å². The molecule has 1 aromatic carbocycles. The minimum atomic E-state index is -1.59. The van der Waals surface area contributed by atoms with Crippen LogP contribution in [0.3, 0.4) is 0 Å². The lowest BCUT2D eigenvalue weighted by Crippen LogP contribution is -2.05. The van der Waals surface area contributed by atoms with Crippen molar-refractivity contribution in [2.24, 2.45) is 0 Å². The van der Waals surface area contributed by atoms with Crippen LogP contribution >= 0.6 is 20.8 Å². The normalized spacial score (nSPS) is 10.4. The van der Waals surface area contributed by atoms with Crippen molar-refractivity contribution in [1.29, 1.82) is 0 Å². The van der Waals surface area contributed by atoms with Gasteiger partial charge in [0.05, 0.1) is 5.30 Å². The fourth-order valence-corrected chi connectivity index (χ4v) is 1.18. The topological polar surface area (TPSA) is 20.2 Å². The van der Waals surface area contributed by atoms with E-state index in [0.29, 0.717) is 0 Å². The minimum absolute atomic E-state index is 0.487. The second kappa shape index (κ2) is 3.11. The molecule has 1 nitrogen and oxygen atoms in total. The van der Waals surface area contributed by atoms with Gasteiger partial charge in [0, 0.05) is 0 Å². The lowest BCUT2D eigenvalue weighted by atomic mass is 10.3. The molecule has 1 aromatic rings. The third-order valence-electron chi connectivity index (χ3n) is 1.28. The first-order valence-electron chi connectivity index (χ1n) is 2.77. The third kappa shape index (κ3) is 1.25. The van der Waals surface area contributed by atoms with Gasteiger partial charge >= 0.3 is 0 Å². The number of halogens is 4. The average molecular weight is 215 g/mol. The molecule has 0 fully saturated rings. The van der Waals surface area contributed by atoms with Crippen LogP contribution in [0.2, 0.25) is 5.02 Å². The van der Waals surface area contributed by atoms with E-state index in [2.05, 4.69) is 0 Å². The molecule has 6 heteroatoms. The molecule has 66 valence electrons. The van der Waals surface area contributed by atoms with Crippen LogP contribution in [0.5, 0.6) is 5.75 Å². The standard InChI is InChI=1S/C6H3ClF3OP/c7-1-2(8)4(10)5(11)6(12)3(1)9/h11H,12H2. The summed E-state index contributed by atoms with van der Waals surface area (Å²) in [5, 5.41) is 7.31. The fraction of sp³-hybridized carbons (Fsp3) is 0. The summed E-state index contributed by atoms with van der Waals surface area (Å²) in [7, 11) is 1.72. The van der Waals surface area contributed by atoms with E-state index >= 15 is 0 Å². The smallest absolute Gasteiger partial charge is 0.202 e. The molecule has 0 aliphatic carbocycles. The van der Waals surface area contributed by atoms with Crippen LogP contribution in [0.15, 0.2) is 0 Å². The Bertz CT molecular complexity index is 237. The van der Waals surface area contributed by atoms with Gasteiger partial charge in [-0.25, -0.2) is 8.78 Å². The van der Waals surface area contributed by atoms with E-state index in [9.17, 15) is 13.2 Å². The van der Waals surface area contributed by atoms with Crippen LogP contribution in [0.1, 0.15) is 0 Å². The van der Waals surface area contributed by atoms with Crippen LogP contribution in [-0.4, -0.2) is 5.11 Å². The Morgan fingerprint density at radius 1 is 1.08 bits per heavy atom. The van der Waals surface area contributed by atoms with Crippen LogP contribution in [0.25, 0.3) is 0 Å². The first-order valence-corrected chi connectivity index (χ1v) is 3.72. The first-order chi connectivity index (χ1) is 5.46. The molecule has 0 heterocycles. The van der Waals surface area contributed by atoms with E-state index in [1.165, 1.54) is 0 Å². The van der Waals surface area contributed by atoms with E-state index in [1.807, 2.05) is 0 Å². The van der Waals surface area contributed by atoms with Gasteiger partial charge in [0.2, 0.25) is 5.82 Å². The summed E-state index contributed by atoms with van der Waals surface area (Å²) in [6, 6.07) is 0. The molecule has 1 atom stereocenters. The minimum Gasteiger partial charge on any atom is -0.504 e. The zero-order valence-electron chi connectivity index (χ0n) is 5.54. The summed E-state index contributed by atoms with van der Waals surface area (Å²) < 4.78 is 37.8. The molecule has 0 radical (unpaired) electrons. The Morgan fingerprint density at radius 2 is 1.58 bits per heavy atom. The second-order valence-electron chi connectivity index (χ2n) is 2.02. The molecular formula is C6H3ClF3OP. The summed E-state index contributed by atoms with van der Waals surface area (Å²) in [6.45, 7) is 0. The van der Waals surface area contributed by atoms with Gasteiger partial charge in [-0.2, -0.15) is 4.39 Å². The molecule has 0 aliphatic heterocycles. The molecule has 1 unspecified atom stereocenters. The highest BCUT2D eigenvalue weighted by Gasteiger charge is 2.20. The summed E-state index contributed by atoms with van der Waals surface area (Å²) in [4.78, 5) is 0. The average Bonchev–Trinajstić information content (AvgIpc) is 2.08. The molecule has 0 bridgehead atoms. The quantitative estimate of drug-likeness (QED) is 0.398. The number of rotatable bonds is 0.